The summed E-state index contributed by atoms with van der Waals surface area (Å²) in [6, 6.07) is 12.0. The van der Waals surface area contributed by atoms with E-state index in [0.29, 0.717) is 11.1 Å². The second-order valence-corrected chi connectivity index (χ2v) is 4.65. The van der Waals surface area contributed by atoms with E-state index in [4.69, 9.17) is 13.9 Å². The SMILES string of the molecule is COc1oc2ccc(O)c(OC)c2c(=O)c1-c1ccccc1. The van der Waals surface area contributed by atoms with Gasteiger partial charge in [-0.05, 0) is 17.7 Å². The van der Waals surface area contributed by atoms with Crippen molar-refractivity contribution in [2.75, 3.05) is 14.2 Å². The summed E-state index contributed by atoms with van der Waals surface area (Å²) in [5, 5.41) is 10.1. The Morgan fingerprint density at radius 3 is 2.36 bits per heavy atom. The average Bonchev–Trinajstić information content (AvgIpc) is 2.55. The third-order valence-electron chi connectivity index (χ3n) is 3.41. The lowest BCUT2D eigenvalue weighted by atomic mass is 10.0. The maximum absolute atomic E-state index is 12.9. The number of phenols is 1. The maximum Gasteiger partial charge on any atom is 0.296 e. The maximum atomic E-state index is 12.9. The van der Waals surface area contributed by atoms with Gasteiger partial charge in [-0.2, -0.15) is 0 Å². The smallest absolute Gasteiger partial charge is 0.296 e. The standard InChI is InChI=1S/C17H14O5/c1-20-16-11(18)8-9-12-14(16)15(19)13(17(21-2)22-12)10-6-4-3-5-7-10/h3-9,18H,1-2H3. The van der Waals surface area contributed by atoms with Gasteiger partial charge in [-0.15, -0.1) is 0 Å². The first-order valence-corrected chi connectivity index (χ1v) is 6.63. The van der Waals surface area contributed by atoms with Crippen molar-refractivity contribution in [3.8, 4) is 28.6 Å². The summed E-state index contributed by atoms with van der Waals surface area (Å²) in [5.41, 5.74) is 0.924. The molecule has 112 valence electrons. The summed E-state index contributed by atoms with van der Waals surface area (Å²) in [7, 11) is 2.83. The molecule has 0 amide bonds. The summed E-state index contributed by atoms with van der Waals surface area (Å²) in [5.74, 6) is 0.0917. The van der Waals surface area contributed by atoms with Crippen LogP contribution in [-0.4, -0.2) is 19.3 Å². The minimum absolute atomic E-state index is 0.0890. The summed E-state index contributed by atoms with van der Waals surface area (Å²) >= 11 is 0. The molecule has 3 aromatic rings. The van der Waals surface area contributed by atoms with Crippen molar-refractivity contribution in [1.82, 2.24) is 0 Å². The lowest BCUT2D eigenvalue weighted by molar-refractivity contribution is 0.311. The molecule has 0 fully saturated rings. The number of benzene rings is 2. The Hall–Kier alpha value is -2.95. The Morgan fingerprint density at radius 1 is 1.00 bits per heavy atom. The number of ether oxygens (including phenoxy) is 2. The molecular formula is C17H14O5. The van der Waals surface area contributed by atoms with Crippen molar-refractivity contribution in [2.24, 2.45) is 0 Å². The second-order valence-electron chi connectivity index (χ2n) is 4.65. The van der Waals surface area contributed by atoms with Crippen LogP contribution in [0.25, 0.3) is 22.1 Å². The van der Waals surface area contributed by atoms with Crippen molar-refractivity contribution in [1.29, 1.82) is 0 Å². The first-order valence-electron chi connectivity index (χ1n) is 6.63. The number of aromatic hydroxyl groups is 1. The molecule has 2 aromatic carbocycles. The Labute approximate surface area is 126 Å². The molecule has 0 aliphatic heterocycles. The molecule has 0 aliphatic rings. The number of fused-ring (bicyclic) bond motifs is 1. The van der Waals surface area contributed by atoms with Crippen LogP contribution in [0.1, 0.15) is 0 Å². The molecule has 5 nitrogen and oxygen atoms in total. The van der Waals surface area contributed by atoms with E-state index in [1.165, 1.54) is 26.4 Å². The zero-order valence-corrected chi connectivity index (χ0v) is 12.1. The highest BCUT2D eigenvalue weighted by atomic mass is 16.6. The van der Waals surface area contributed by atoms with Crippen LogP contribution in [0.3, 0.4) is 0 Å². The molecule has 22 heavy (non-hydrogen) atoms. The van der Waals surface area contributed by atoms with Crippen molar-refractivity contribution in [3.05, 3.63) is 52.7 Å². The molecule has 0 radical (unpaired) electrons. The highest BCUT2D eigenvalue weighted by Crippen LogP contribution is 2.37. The quantitative estimate of drug-likeness (QED) is 0.804. The molecule has 1 heterocycles. The van der Waals surface area contributed by atoms with Crippen LogP contribution < -0.4 is 14.9 Å². The first kappa shape index (κ1) is 14.0. The van der Waals surface area contributed by atoms with Gasteiger partial charge in [0.25, 0.3) is 5.95 Å². The van der Waals surface area contributed by atoms with Gasteiger partial charge in [0.2, 0.25) is 5.43 Å². The van der Waals surface area contributed by atoms with Crippen LogP contribution in [-0.2, 0) is 0 Å². The Bertz CT molecular complexity index is 881. The lowest BCUT2D eigenvalue weighted by Crippen LogP contribution is -2.09. The van der Waals surface area contributed by atoms with Crippen molar-refractivity contribution in [2.45, 2.75) is 0 Å². The third kappa shape index (κ3) is 2.07. The summed E-state index contributed by atoms with van der Waals surface area (Å²) in [6.07, 6.45) is 0. The molecule has 0 saturated carbocycles. The second kappa shape index (κ2) is 5.44. The first-order chi connectivity index (χ1) is 10.7. The number of hydrogen-bond acceptors (Lipinski definition) is 5. The fourth-order valence-corrected chi connectivity index (χ4v) is 2.43. The monoisotopic (exact) mass is 298 g/mol. The van der Waals surface area contributed by atoms with Gasteiger partial charge < -0.3 is 19.0 Å². The van der Waals surface area contributed by atoms with Crippen molar-refractivity contribution in [3.63, 3.8) is 0 Å². The van der Waals surface area contributed by atoms with Crippen LogP contribution >= 0.6 is 0 Å². The lowest BCUT2D eigenvalue weighted by Gasteiger charge is -2.11. The van der Waals surface area contributed by atoms with E-state index in [-0.39, 0.29) is 33.8 Å². The highest BCUT2D eigenvalue weighted by Gasteiger charge is 2.21. The number of rotatable bonds is 3. The van der Waals surface area contributed by atoms with Gasteiger partial charge in [-0.1, -0.05) is 30.3 Å². The molecule has 0 spiro atoms. The largest absolute Gasteiger partial charge is 0.504 e. The van der Waals surface area contributed by atoms with Gasteiger partial charge in [-0.3, -0.25) is 4.79 Å². The predicted molar refractivity (Wildman–Crippen MR) is 82.7 cm³/mol. The van der Waals surface area contributed by atoms with Crippen LogP contribution in [0.15, 0.2) is 51.7 Å². The Morgan fingerprint density at radius 2 is 1.73 bits per heavy atom. The van der Waals surface area contributed by atoms with E-state index >= 15 is 0 Å². The molecule has 0 saturated heterocycles. The zero-order valence-electron chi connectivity index (χ0n) is 12.1. The minimum atomic E-state index is -0.322. The predicted octanol–water partition coefficient (Wildman–Crippen LogP) is 3.18. The van der Waals surface area contributed by atoms with Crippen LogP contribution in [0.2, 0.25) is 0 Å². The summed E-state index contributed by atoms with van der Waals surface area (Å²) in [6.45, 7) is 0. The normalized spacial score (nSPS) is 10.6. The van der Waals surface area contributed by atoms with Gasteiger partial charge in [0.05, 0.1) is 14.2 Å². The van der Waals surface area contributed by atoms with E-state index in [2.05, 4.69) is 0 Å². The Balaban J connectivity index is 2.47. The molecule has 0 bridgehead atoms. The van der Waals surface area contributed by atoms with E-state index in [9.17, 15) is 9.90 Å². The van der Waals surface area contributed by atoms with Crippen LogP contribution in [0.4, 0.5) is 0 Å². The molecule has 1 aromatic heterocycles. The fraction of sp³-hybridized carbons (Fsp3) is 0.118. The van der Waals surface area contributed by atoms with Gasteiger partial charge in [0, 0.05) is 0 Å². The van der Waals surface area contributed by atoms with E-state index < -0.39 is 0 Å². The minimum Gasteiger partial charge on any atom is -0.504 e. The van der Waals surface area contributed by atoms with Crippen molar-refractivity contribution >= 4 is 11.0 Å². The molecular weight excluding hydrogens is 284 g/mol. The molecule has 1 N–H and O–H groups in total. The number of phenolic OH excluding ortho intramolecular Hbond substituents is 1. The van der Waals surface area contributed by atoms with Gasteiger partial charge in [0.1, 0.15) is 16.5 Å². The van der Waals surface area contributed by atoms with Gasteiger partial charge >= 0.3 is 0 Å². The van der Waals surface area contributed by atoms with Crippen LogP contribution in [0, 0.1) is 0 Å². The Kier molecular flexibility index (Phi) is 3.47. The van der Waals surface area contributed by atoms with E-state index in [1.54, 1.807) is 12.1 Å². The van der Waals surface area contributed by atoms with Crippen molar-refractivity contribution < 1.29 is 19.0 Å². The molecule has 0 aliphatic carbocycles. The third-order valence-corrected chi connectivity index (χ3v) is 3.41. The van der Waals surface area contributed by atoms with Crippen LogP contribution in [0.5, 0.6) is 17.4 Å². The fourth-order valence-electron chi connectivity index (χ4n) is 2.43. The van der Waals surface area contributed by atoms with Gasteiger partial charge in [0.15, 0.2) is 11.5 Å². The molecule has 0 unspecified atom stereocenters. The zero-order chi connectivity index (χ0) is 15.7. The molecule has 0 atom stereocenters. The topological polar surface area (TPSA) is 68.9 Å². The number of hydrogen-bond donors (Lipinski definition) is 1. The number of methoxy groups -OCH3 is 2. The summed E-state index contributed by atoms with van der Waals surface area (Å²) in [4.78, 5) is 12.9. The summed E-state index contributed by atoms with van der Waals surface area (Å²) < 4.78 is 16.0. The van der Waals surface area contributed by atoms with E-state index in [1.807, 2.05) is 18.2 Å². The van der Waals surface area contributed by atoms with Gasteiger partial charge in [-0.25, -0.2) is 0 Å². The highest BCUT2D eigenvalue weighted by molar-refractivity contribution is 5.90. The van der Waals surface area contributed by atoms with E-state index in [0.717, 1.165) is 0 Å². The molecule has 5 heteroatoms. The molecule has 3 rings (SSSR count). The average molecular weight is 298 g/mol.